The Balaban J connectivity index is 1.69. The SMILES string of the molecule is Cc1cc2c(o1)c1cnn(CC(=O)N3C[C@H](C)C[C@@H](C)C3)c(=O)c1n2C. The smallest absolute Gasteiger partial charge is 0.291 e. The van der Waals surface area contributed by atoms with Gasteiger partial charge in [0.15, 0.2) is 5.58 Å². The van der Waals surface area contributed by atoms with Gasteiger partial charge in [-0.1, -0.05) is 13.8 Å². The molecule has 4 heterocycles. The largest absolute Gasteiger partial charge is 0.459 e. The Morgan fingerprint density at radius 1 is 1.31 bits per heavy atom. The lowest BCUT2D eigenvalue weighted by Gasteiger charge is -2.35. The third kappa shape index (κ3) is 2.62. The summed E-state index contributed by atoms with van der Waals surface area (Å²) in [5.41, 5.74) is 1.78. The van der Waals surface area contributed by atoms with Crippen LogP contribution in [-0.4, -0.2) is 38.2 Å². The molecule has 1 amide bonds. The number of likely N-dealkylation sites (tertiary alicyclic amines) is 1. The molecule has 0 aromatic carbocycles. The number of rotatable bonds is 2. The number of carbonyl (C=O) groups is 1. The van der Waals surface area contributed by atoms with E-state index in [0.717, 1.165) is 30.8 Å². The number of aromatic nitrogens is 3. The molecule has 0 unspecified atom stereocenters. The number of nitrogens with zero attached hydrogens (tertiary/aromatic N) is 4. The molecule has 3 aromatic heterocycles. The van der Waals surface area contributed by atoms with E-state index in [1.165, 1.54) is 4.68 Å². The van der Waals surface area contributed by atoms with Gasteiger partial charge in [0.1, 0.15) is 17.8 Å². The Morgan fingerprint density at radius 3 is 2.69 bits per heavy atom. The highest BCUT2D eigenvalue weighted by molar-refractivity contribution is 6.04. The highest BCUT2D eigenvalue weighted by atomic mass is 16.3. The van der Waals surface area contributed by atoms with E-state index in [9.17, 15) is 9.59 Å². The van der Waals surface area contributed by atoms with Gasteiger partial charge in [0.05, 0.1) is 17.1 Å². The van der Waals surface area contributed by atoms with Crippen LogP contribution in [-0.2, 0) is 18.4 Å². The van der Waals surface area contributed by atoms with Crippen LogP contribution >= 0.6 is 0 Å². The quantitative estimate of drug-likeness (QED) is 0.706. The molecule has 0 N–H and O–H groups in total. The molecular formula is C19H24N4O3. The number of carbonyl (C=O) groups excluding carboxylic acids is 1. The van der Waals surface area contributed by atoms with E-state index >= 15 is 0 Å². The van der Waals surface area contributed by atoms with Crippen molar-refractivity contribution in [3.8, 4) is 0 Å². The Hall–Kier alpha value is -2.57. The first-order chi connectivity index (χ1) is 12.3. The van der Waals surface area contributed by atoms with E-state index in [1.807, 2.05) is 29.5 Å². The van der Waals surface area contributed by atoms with E-state index in [0.29, 0.717) is 28.3 Å². The summed E-state index contributed by atoms with van der Waals surface area (Å²) >= 11 is 0. The zero-order valence-corrected chi connectivity index (χ0v) is 15.7. The molecule has 138 valence electrons. The first-order valence-electron chi connectivity index (χ1n) is 9.07. The van der Waals surface area contributed by atoms with Crippen LogP contribution in [0.4, 0.5) is 0 Å². The third-order valence-corrected chi connectivity index (χ3v) is 5.30. The van der Waals surface area contributed by atoms with Crippen molar-refractivity contribution in [1.29, 1.82) is 0 Å². The summed E-state index contributed by atoms with van der Waals surface area (Å²) in [6, 6.07) is 1.90. The molecule has 0 spiro atoms. The van der Waals surface area contributed by atoms with Crippen molar-refractivity contribution in [2.45, 2.75) is 33.7 Å². The lowest BCUT2D eigenvalue weighted by molar-refractivity contribution is -0.134. The predicted molar refractivity (Wildman–Crippen MR) is 99.0 cm³/mol. The molecule has 26 heavy (non-hydrogen) atoms. The highest BCUT2D eigenvalue weighted by Crippen LogP contribution is 2.28. The summed E-state index contributed by atoms with van der Waals surface area (Å²) in [5, 5.41) is 4.92. The molecule has 7 heteroatoms. The monoisotopic (exact) mass is 356 g/mol. The third-order valence-electron chi connectivity index (χ3n) is 5.30. The zero-order valence-electron chi connectivity index (χ0n) is 15.7. The molecule has 3 aromatic rings. The summed E-state index contributed by atoms with van der Waals surface area (Å²) < 4.78 is 8.79. The summed E-state index contributed by atoms with van der Waals surface area (Å²) in [5.74, 6) is 1.71. The predicted octanol–water partition coefficient (Wildman–Crippen LogP) is 2.29. The topological polar surface area (TPSA) is 73.3 Å². The average molecular weight is 356 g/mol. The number of amides is 1. The molecule has 0 radical (unpaired) electrons. The van der Waals surface area contributed by atoms with E-state index in [4.69, 9.17) is 4.42 Å². The van der Waals surface area contributed by atoms with Gasteiger partial charge < -0.3 is 13.9 Å². The average Bonchev–Trinajstić information content (AvgIpc) is 3.07. The van der Waals surface area contributed by atoms with Crippen molar-refractivity contribution < 1.29 is 9.21 Å². The second kappa shape index (κ2) is 6.00. The van der Waals surface area contributed by atoms with Crippen LogP contribution in [0.1, 0.15) is 26.0 Å². The van der Waals surface area contributed by atoms with Gasteiger partial charge in [-0.2, -0.15) is 5.10 Å². The van der Waals surface area contributed by atoms with Crippen LogP contribution in [0.25, 0.3) is 22.0 Å². The fourth-order valence-electron chi connectivity index (χ4n) is 4.24. The Labute approximate surface area is 151 Å². The molecule has 4 rings (SSSR count). The molecular weight excluding hydrogens is 332 g/mol. The summed E-state index contributed by atoms with van der Waals surface area (Å²) in [4.78, 5) is 27.5. The van der Waals surface area contributed by atoms with Gasteiger partial charge in [0, 0.05) is 26.2 Å². The number of furan rings is 1. The highest BCUT2D eigenvalue weighted by Gasteiger charge is 2.26. The summed E-state index contributed by atoms with van der Waals surface area (Å²) in [7, 11) is 1.83. The second-order valence-corrected chi connectivity index (χ2v) is 7.74. The van der Waals surface area contributed by atoms with E-state index in [1.54, 1.807) is 6.20 Å². The van der Waals surface area contributed by atoms with Gasteiger partial charge in [-0.05, 0) is 25.2 Å². The first-order valence-corrected chi connectivity index (χ1v) is 9.07. The minimum absolute atomic E-state index is 0.0280. The van der Waals surface area contributed by atoms with Gasteiger partial charge in [0.25, 0.3) is 5.56 Å². The van der Waals surface area contributed by atoms with Gasteiger partial charge in [0.2, 0.25) is 5.91 Å². The fraction of sp³-hybridized carbons (Fsp3) is 0.526. The maximum absolute atomic E-state index is 12.9. The molecule has 0 saturated carbocycles. The zero-order chi connectivity index (χ0) is 18.6. The van der Waals surface area contributed by atoms with Crippen molar-refractivity contribution in [2.75, 3.05) is 13.1 Å². The molecule has 1 aliphatic rings. The van der Waals surface area contributed by atoms with Crippen molar-refractivity contribution in [1.82, 2.24) is 19.2 Å². The minimum Gasteiger partial charge on any atom is -0.459 e. The van der Waals surface area contributed by atoms with E-state index in [2.05, 4.69) is 18.9 Å². The van der Waals surface area contributed by atoms with Crippen LogP contribution in [0, 0.1) is 18.8 Å². The number of fused-ring (bicyclic) bond motifs is 3. The van der Waals surface area contributed by atoms with Gasteiger partial charge in [-0.15, -0.1) is 0 Å². The Kier molecular flexibility index (Phi) is 3.89. The van der Waals surface area contributed by atoms with Gasteiger partial charge in [-0.25, -0.2) is 4.68 Å². The molecule has 1 fully saturated rings. The molecule has 1 aliphatic heterocycles. The lowest BCUT2D eigenvalue weighted by Crippen LogP contribution is -2.45. The summed E-state index contributed by atoms with van der Waals surface area (Å²) in [6.45, 7) is 7.66. The molecule has 0 aliphatic carbocycles. The van der Waals surface area contributed by atoms with Crippen molar-refractivity contribution in [3.05, 3.63) is 28.4 Å². The number of hydrogen-bond donors (Lipinski definition) is 0. The maximum Gasteiger partial charge on any atom is 0.291 e. The van der Waals surface area contributed by atoms with Crippen LogP contribution in [0.5, 0.6) is 0 Å². The Bertz CT molecular complexity index is 1050. The molecule has 0 bridgehead atoms. The normalized spacial score (nSPS) is 21.0. The number of aryl methyl sites for hydroxylation is 2. The molecule has 2 atom stereocenters. The van der Waals surface area contributed by atoms with E-state index in [-0.39, 0.29) is 18.0 Å². The van der Waals surface area contributed by atoms with Crippen LogP contribution < -0.4 is 5.56 Å². The van der Waals surface area contributed by atoms with Gasteiger partial charge in [-0.3, -0.25) is 9.59 Å². The maximum atomic E-state index is 12.9. The summed E-state index contributed by atoms with van der Waals surface area (Å²) in [6.07, 6.45) is 2.76. The fourth-order valence-corrected chi connectivity index (χ4v) is 4.24. The first kappa shape index (κ1) is 16.9. The lowest BCUT2D eigenvalue weighted by atomic mass is 9.92. The number of piperidine rings is 1. The molecule has 7 nitrogen and oxygen atoms in total. The van der Waals surface area contributed by atoms with E-state index < -0.39 is 0 Å². The van der Waals surface area contributed by atoms with Crippen LogP contribution in [0.3, 0.4) is 0 Å². The van der Waals surface area contributed by atoms with Crippen molar-refractivity contribution in [3.63, 3.8) is 0 Å². The van der Waals surface area contributed by atoms with Crippen molar-refractivity contribution in [2.24, 2.45) is 18.9 Å². The molecule has 1 saturated heterocycles. The van der Waals surface area contributed by atoms with Gasteiger partial charge >= 0.3 is 0 Å². The standard InChI is InChI=1S/C19H24N4O3/c1-11-5-12(2)9-22(8-11)16(24)10-23-19(25)17-14(7-20-23)18-15(21(17)4)6-13(3)26-18/h6-7,11-12H,5,8-10H2,1-4H3/t11-,12-/m1/s1. The van der Waals surface area contributed by atoms with Crippen LogP contribution in [0.15, 0.2) is 21.5 Å². The Morgan fingerprint density at radius 2 is 2.00 bits per heavy atom. The van der Waals surface area contributed by atoms with Crippen LogP contribution in [0.2, 0.25) is 0 Å². The van der Waals surface area contributed by atoms with Crippen molar-refractivity contribution >= 4 is 27.9 Å². The second-order valence-electron chi connectivity index (χ2n) is 7.74. The number of hydrogen-bond acceptors (Lipinski definition) is 4. The minimum atomic E-state index is -0.263.